The molecule has 1 aromatic heterocycles. The molecule has 2 N–H and O–H groups in total. The van der Waals surface area contributed by atoms with Gasteiger partial charge in [0.25, 0.3) is 0 Å². The molecule has 3 rings (SSSR count). The van der Waals surface area contributed by atoms with Crippen LogP contribution < -0.4 is 10.6 Å². The van der Waals surface area contributed by atoms with E-state index in [4.69, 9.17) is 9.15 Å². The first-order valence-electron chi connectivity index (χ1n) is 9.59. The number of nitrogens with one attached hydrogen (secondary N) is 2. The van der Waals surface area contributed by atoms with Crippen LogP contribution in [0.15, 0.2) is 52.1 Å². The second-order valence-electron chi connectivity index (χ2n) is 6.78. The molecule has 2 heterocycles. The van der Waals surface area contributed by atoms with Gasteiger partial charge in [-0.25, -0.2) is 0 Å². The fourth-order valence-electron chi connectivity index (χ4n) is 3.56. The average Bonchev–Trinajstić information content (AvgIpc) is 3.40. The van der Waals surface area contributed by atoms with Gasteiger partial charge < -0.3 is 19.8 Å². The van der Waals surface area contributed by atoms with Crippen molar-refractivity contribution in [3.05, 3.63) is 59.5 Å². The summed E-state index contributed by atoms with van der Waals surface area (Å²) in [4.78, 5) is 6.85. The van der Waals surface area contributed by atoms with Crippen LogP contribution in [0.5, 0.6) is 0 Å². The number of benzene rings is 1. The Labute approximate surface area is 184 Å². The van der Waals surface area contributed by atoms with E-state index in [2.05, 4.69) is 38.7 Å². The Kier molecular flexibility index (Phi) is 9.80. The van der Waals surface area contributed by atoms with Crippen LogP contribution in [0.2, 0.25) is 0 Å². The third-order valence-electron chi connectivity index (χ3n) is 5.00. The molecule has 154 valence electrons. The molecule has 1 fully saturated rings. The van der Waals surface area contributed by atoms with E-state index in [1.54, 1.807) is 20.4 Å². The van der Waals surface area contributed by atoms with Gasteiger partial charge in [-0.3, -0.25) is 9.89 Å². The number of likely N-dealkylation sites (tertiary alicyclic amines) is 1. The van der Waals surface area contributed by atoms with Gasteiger partial charge in [-0.05, 0) is 49.2 Å². The summed E-state index contributed by atoms with van der Waals surface area (Å²) in [6.07, 6.45) is 4.25. The van der Waals surface area contributed by atoms with Crippen molar-refractivity contribution < 1.29 is 9.15 Å². The van der Waals surface area contributed by atoms with Gasteiger partial charge in [0.1, 0.15) is 5.76 Å². The Hall–Kier alpha value is -1.58. The summed E-state index contributed by atoms with van der Waals surface area (Å²) in [6.45, 7) is 4.30. The van der Waals surface area contributed by atoms with Crippen LogP contribution >= 0.6 is 24.0 Å². The van der Waals surface area contributed by atoms with Crippen molar-refractivity contribution in [3.8, 4) is 0 Å². The predicted octanol–water partition coefficient (Wildman–Crippen LogP) is 3.55. The monoisotopic (exact) mass is 498 g/mol. The van der Waals surface area contributed by atoms with E-state index in [1.165, 1.54) is 24.0 Å². The number of methoxy groups -OCH3 is 1. The maximum absolute atomic E-state index is 5.69. The molecule has 0 radical (unpaired) electrons. The van der Waals surface area contributed by atoms with Crippen molar-refractivity contribution in [1.29, 1.82) is 0 Å². The van der Waals surface area contributed by atoms with Crippen molar-refractivity contribution in [2.75, 3.05) is 33.8 Å². The smallest absolute Gasteiger partial charge is 0.191 e. The lowest BCUT2D eigenvalue weighted by Crippen LogP contribution is -2.42. The maximum atomic E-state index is 5.69. The molecule has 1 aliphatic rings. The van der Waals surface area contributed by atoms with Gasteiger partial charge in [0, 0.05) is 27.2 Å². The van der Waals surface area contributed by atoms with Crippen LogP contribution in [0.25, 0.3) is 0 Å². The first-order valence-corrected chi connectivity index (χ1v) is 9.59. The van der Waals surface area contributed by atoms with E-state index in [0.29, 0.717) is 13.2 Å². The van der Waals surface area contributed by atoms with Crippen LogP contribution in [-0.2, 0) is 17.9 Å². The molecule has 1 aromatic carbocycles. The molecule has 28 heavy (non-hydrogen) atoms. The van der Waals surface area contributed by atoms with E-state index in [1.807, 2.05) is 18.2 Å². The van der Waals surface area contributed by atoms with Gasteiger partial charge in [0.05, 0.1) is 18.9 Å². The lowest BCUT2D eigenvalue weighted by atomic mass is 10.1. The first kappa shape index (κ1) is 22.7. The summed E-state index contributed by atoms with van der Waals surface area (Å²) in [5, 5.41) is 6.87. The van der Waals surface area contributed by atoms with Crippen molar-refractivity contribution >= 4 is 29.9 Å². The zero-order chi connectivity index (χ0) is 18.9. The molecule has 1 saturated heterocycles. The number of aliphatic imine (C=N–C) groups is 1. The fraction of sp³-hybridized carbons (Fsp3) is 0.476. The highest BCUT2D eigenvalue weighted by atomic mass is 127. The largest absolute Gasteiger partial charge is 0.468 e. The van der Waals surface area contributed by atoms with E-state index >= 15 is 0 Å². The van der Waals surface area contributed by atoms with Gasteiger partial charge in [-0.2, -0.15) is 0 Å². The fourth-order valence-corrected chi connectivity index (χ4v) is 3.56. The Morgan fingerprint density at radius 3 is 2.54 bits per heavy atom. The number of nitrogens with zero attached hydrogens (tertiary/aromatic N) is 2. The van der Waals surface area contributed by atoms with E-state index in [9.17, 15) is 0 Å². The second kappa shape index (κ2) is 12.1. The number of hydrogen-bond donors (Lipinski definition) is 2. The highest BCUT2D eigenvalue weighted by Crippen LogP contribution is 2.24. The minimum absolute atomic E-state index is 0. The predicted molar refractivity (Wildman–Crippen MR) is 123 cm³/mol. The first-order chi connectivity index (χ1) is 13.3. The minimum atomic E-state index is 0. The Morgan fingerprint density at radius 1 is 1.14 bits per heavy atom. The SMILES string of the molecule is CN=C(NCc1ccccc1COC)NCC(c1ccco1)N1CCCC1.I. The zero-order valence-corrected chi connectivity index (χ0v) is 19.0. The van der Waals surface area contributed by atoms with Crippen molar-refractivity contribution in [2.45, 2.75) is 32.0 Å². The topological polar surface area (TPSA) is 62.0 Å². The number of furan rings is 1. The molecule has 7 heteroatoms. The Bertz CT molecular complexity index is 715. The minimum Gasteiger partial charge on any atom is -0.468 e. The summed E-state index contributed by atoms with van der Waals surface area (Å²) >= 11 is 0. The molecule has 0 bridgehead atoms. The average molecular weight is 498 g/mol. The molecule has 2 aromatic rings. The molecule has 1 aliphatic heterocycles. The van der Waals surface area contributed by atoms with E-state index in [0.717, 1.165) is 31.4 Å². The third-order valence-corrected chi connectivity index (χ3v) is 5.00. The molecule has 1 unspecified atom stereocenters. The Balaban J connectivity index is 0.00000280. The summed E-state index contributed by atoms with van der Waals surface area (Å²) in [6, 6.07) is 12.5. The molecule has 6 nitrogen and oxygen atoms in total. The number of halogens is 1. The summed E-state index contributed by atoms with van der Waals surface area (Å²) in [7, 11) is 3.52. The summed E-state index contributed by atoms with van der Waals surface area (Å²) < 4.78 is 11.0. The van der Waals surface area contributed by atoms with Crippen molar-refractivity contribution in [1.82, 2.24) is 15.5 Å². The lowest BCUT2D eigenvalue weighted by Gasteiger charge is -2.26. The molecule has 0 aliphatic carbocycles. The third kappa shape index (κ3) is 6.22. The van der Waals surface area contributed by atoms with Gasteiger partial charge in [-0.1, -0.05) is 24.3 Å². The summed E-state index contributed by atoms with van der Waals surface area (Å²) in [5.41, 5.74) is 2.40. The van der Waals surface area contributed by atoms with Crippen LogP contribution in [-0.4, -0.2) is 44.7 Å². The van der Waals surface area contributed by atoms with Gasteiger partial charge in [-0.15, -0.1) is 24.0 Å². The number of ether oxygens (including phenoxy) is 1. The standard InChI is InChI=1S/C21H30N4O2.HI/c1-22-21(23-14-17-8-3-4-9-18(17)16-26-2)24-15-19(20-10-7-13-27-20)25-11-5-6-12-25;/h3-4,7-10,13,19H,5-6,11-12,14-16H2,1-2H3,(H2,22,23,24);1H. The normalized spacial score (nSPS) is 15.9. The van der Waals surface area contributed by atoms with Crippen molar-refractivity contribution in [3.63, 3.8) is 0 Å². The van der Waals surface area contributed by atoms with Gasteiger partial charge >= 0.3 is 0 Å². The van der Waals surface area contributed by atoms with E-state index < -0.39 is 0 Å². The maximum Gasteiger partial charge on any atom is 0.191 e. The zero-order valence-electron chi connectivity index (χ0n) is 16.7. The van der Waals surface area contributed by atoms with Crippen molar-refractivity contribution in [2.24, 2.45) is 4.99 Å². The highest BCUT2D eigenvalue weighted by molar-refractivity contribution is 14.0. The molecule has 0 amide bonds. The van der Waals surface area contributed by atoms with E-state index in [-0.39, 0.29) is 30.0 Å². The molecular formula is C21H31IN4O2. The molecular weight excluding hydrogens is 467 g/mol. The lowest BCUT2D eigenvalue weighted by molar-refractivity contribution is 0.184. The Morgan fingerprint density at radius 2 is 1.89 bits per heavy atom. The quantitative estimate of drug-likeness (QED) is 0.331. The number of guanidine groups is 1. The van der Waals surface area contributed by atoms with Crippen LogP contribution in [0.1, 0.15) is 35.8 Å². The van der Waals surface area contributed by atoms with Gasteiger partial charge in [0.15, 0.2) is 5.96 Å². The second-order valence-corrected chi connectivity index (χ2v) is 6.78. The van der Waals surface area contributed by atoms with Gasteiger partial charge in [0.2, 0.25) is 0 Å². The highest BCUT2D eigenvalue weighted by Gasteiger charge is 2.25. The molecule has 0 spiro atoms. The number of hydrogen-bond acceptors (Lipinski definition) is 4. The molecule has 1 atom stereocenters. The van der Waals surface area contributed by atoms with Crippen LogP contribution in [0.4, 0.5) is 0 Å². The van der Waals surface area contributed by atoms with Crippen LogP contribution in [0.3, 0.4) is 0 Å². The van der Waals surface area contributed by atoms with Crippen LogP contribution in [0, 0.1) is 0 Å². The number of rotatable bonds is 8. The molecule has 0 saturated carbocycles. The summed E-state index contributed by atoms with van der Waals surface area (Å²) in [5.74, 6) is 1.79.